The number of benzene rings is 1. The molecule has 1 rings (SSSR count). The minimum absolute atomic E-state index is 0.00658. The standard InChI is InChI=1S/C14H17NO/c1-4-15(13(3)16)11-10-12(2)14-8-6-5-7-9-14/h4-10H,1,11H2,2-3H3. The fraction of sp³-hybridized carbons (Fsp3) is 0.214. The molecule has 1 aromatic rings. The quantitative estimate of drug-likeness (QED) is 0.755. The number of carbonyl (C=O) groups excluding carboxylic acids is 1. The van der Waals surface area contributed by atoms with Gasteiger partial charge in [-0.2, -0.15) is 0 Å². The fourth-order valence-electron chi connectivity index (χ4n) is 1.39. The van der Waals surface area contributed by atoms with E-state index in [1.807, 2.05) is 31.2 Å². The first-order valence-corrected chi connectivity index (χ1v) is 5.27. The Kier molecular flexibility index (Phi) is 4.52. The monoisotopic (exact) mass is 215 g/mol. The Bertz CT molecular complexity index is 392. The van der Waals surface area contributed by atoms with Crippen LogP contribution < -0.4 is 0 Å². The van der Waals surface area contributed by atoms with Crippen molar-refractivity contribution >= 4 is 11.5 Å². The lowest BCUT2D eigenvalue weighted by atomic mass is 10.1. The van der Waals surface area contributed by atoms with E-state index in [-0.39, 0.29) is 5.91 Å². The number of amides is 1. The molecule has 1 amide bonds. The molecule has 16 heavy (non-hydrogen) atoms. The summed E-state index contributed by atoms with van der Waals surface area (Å²) in [6.07, 6.45) is 3.58. The van der Waals surface area contributed by atoms with Crippen LogP contribution in [0.2, 0.25) is 0 Å². The Morgan fingerprint density at radius 1 is 1.31 bits per heavy atom. The van der Waals surface area contributed by atoms with Crippen LogP contribution in [-0.2, 0) is 4.79 Å². The van der Waals surface area contributed by atoms with Crippen LogP contribution in [-0.4, -0.2) is 17.4 Å². The summed E-state index contributed by atoms with van der Waals surface area (Å²) in [5.41, 5.74) is 2.34. The smallest absolute Gasteiger partial charge is 0.223 e. The molecule has 0 spiro atoms. The topological polar surface area (TPSA) is 20.3 Å². The first-order valence-electron chi connectivity index (χ1n) is 5.27. The highest BCUT2D eigenvalue weighted by Gasteiger charge is 2.01. The lowest BCUT2D eigenvalue weighted by Gasteiger charge is -2.13. The Morgan fingerprint density at radius 3 is 2.44 bits per heavy atom. The average Bonchev–Trinajstić information content (AvgIpc) is 2.30. The van der Waals surface area contributed by atoms with Gasteiger partial charge in [-0.1, -0.05) is 43.0 Å². The second-order valence-electron chi connectivity index (χ2n) is 3.61. The summed E-state index contributed by atoms with van der Waals surface area (Å²) >= 11 is 0. The number of hydrogen-bond donors (Lipinski definition) is 0. The summed E-state index contributed by atoms with van der Waals surface area (Å²) in [7, 11) is 0. The van der Waals surface area contributed by atoms with Gasteiger partial charge in [0.2, 0.25) is 5.91 Å². The third-order valence-electron chi connectivity index (χ3n) is 2.45. The normalized spacial score (nSPS) is 11.0. The molecule has 0 radical (unpaired) electrons. The van der Waals surface area contributed by atoms with Crippen LogP contribution in [0.3, 0.4) is 0 Å². The first-order chi connectivity index (χ1) is 7.65. The van der Waals surface area contributed by atoms with Crippen molar-refractivity contribution in [2.24, 2.45) is 0 Å². The highest BCUT2D eigenvalue weighted by molar-refractivity contribution is 5.75. The molecular formula is C14H17NO. The van der Waals surface area contributed by atoms with Crippen molar-refractivity contribution in [3.05, 3.63) is 54.8 Å². The third-order valence-corrected chi connectivity index (χ3v) is 2.45. The van der Waals surface area contributed by atoms with Gasteiger partial charge >= 0.3 is 0 Å². The van der Waals surface area contributed by atoms with Gasteiger partial charge in [-0.3, -0.25) is 4.79 Å². The first kappa shape index (κ1) is 12.2. The minimum atomic E-state index is 0.00658. The van der Waals surface area contributed by atoms with Crippen molar-refractivity contribution in [1.29, 1.82) is 0 Å². The van der Waals surface area contributed by atoms with E-state index in [1.165, 1.54) is 12.5 Å². The molecule has 0 aliphatic carbocycles. The molecule has 2 nitrogen and oxygen atoms in total. The molecule has 0 N–H and O–H groups in total. The van der Waals surface area contributed by atoms with Crippen molar-refractivity contribution in [2.75, 3.05) is 6.54 Å². The number of hydrogen-bond acceptors (Lipinski definition) is 1. The lowest BCUT2D eigenvalue weighted by molar-refractivity contribution is -0.125. The summed E-state index contributed by atoms with van der Waals surface area (Å²) in [5.74, 6) is 0.00658. The van der Waals surface area contributed by atoms with Gasteiger partial charge in [0, 0.05) is 13.5 Å². The molecule has 0 bridgehead atoms. The van der Waals surface area contributed by atoms with E-state index in [2.05, 4.69) is 18.7 Å². The lowest BCUT2D eigenvalue weighted by Crippen LogP contribution is -2.22. The summed E-state index contributed by atoms with van der Waals surface area (Å²) in [5, 5.41) is 0. The van der Waals surface area contributed by atoms with E-state index < -0.39 is 0 Å². The van der Waals surface area contributed by atoms with Crippen molar-refractivity contribution < 1.29 is 4.79 Å². The molecule has 0 aromatic heterocycles. The van der Waals surface area contributed by atoms with Crippen molar-refractivity contribution in [2.45, 2.75) is 13.8 Å². The summed E-state index contributed by atoms with van der Waals surface area (Å²) in [4.78, 5) is 12.7. The number of rotatable bonds is 4. The van der Waals surface area contributed by atoms with Gasteiger partial charge in [0.1, 0.15) is 0 Å². The van der Waals surface area contributed by atoms with Crippen LogP contribution in [0.25, 0.3) is 5.57 Å². The van der Waals surface area contributed by atoms with E-state index in [4.69, 9.17) is 0 Å². The molecule has 84 valence electrons. The molecule has 0 fully saturated rings. The Balaban J connectivity index is 2.71. The molecule has 0 aliphatic heterocycles. The molecule has 0 unspecified atom stereocenters. The van der Waals surface area contributed by atoms with Gasteiger partial charge in [0.15, 0.2) is 0 Å². The largest absolute Gasteiger partial charge is 0.316 e. The van der Waals surface area contributed by atoms with E-state index in [0.29, 0.717) is 6.54 Å². The van der Waals surface area contributed by atoms with E-state index in [1.54, 1.807) is 11.1 Å². The second-order valence-corrected chi connectivity index (χ2v) is 3.61. The summed E-state index contributed by atoms with van der Waals surface area (Å²) in [6, 6.07) is 10.1. The van der Waals surface area contributed by atoms with Crippen LogP contribution in [0.1, 0.15) is 19.4 Å². The predicted octanol–water partition coefficient (Wildman–Crippen LogP) is 3.08. The number of nitrogens with zero attached hydrogens (tertiary/aromatic N) is 1. The predicted molar refractivity (Wildman–Crippen MR) is 67.7 cm³/mol. The van der Waals surface area contributed by atoms with E-state index in [9.17, 15) is 4.79 Å². The van der Waals surface area contributed by atoms with Crippen molar-refractivity contribution in [3.63, 3.8) is 0 Å². The van der Waals surface area contributed by atoms with Crippen LogP contribution in [0.4, 0.5) is 0 Å². The van der Waals surface area contributed by atoms with Gasteiger partial charge in [-0.15, -0.1) is 0 Å². The maximum Gasteiger partial charge on any atom is 0.223 e. The molecule has 2 heteroatoms. The van der Waals surface area contributed by atoms with Gasteiger partial charge < -0.3 is 4.90 Å². The van der Waals surface area contributed by atoms with Crippen LogP contribution in [0, 0.1) is 0 Å². The zero-order chi connectivity index (χ0) is 12.0. The zero-order valence-corrected chi connectivity index (χ0v) is 9.81. The molecule has 1 aromatic carbocycles. The molecule has 0 saturated heterocycles. The summed E-state index contributed by atoms with van der Waals surface area (Å²) in [6.45, 7) is 7.75. The second kappa shape index (κ2) is 5.91. The van der Waals surface area contributed by atoms with Crippen LogP contribution in [0.5, 0.6) is 0 Å². The van der Waals surface area contributed by atoms with Gasteiger partial charge in [0.05, 0.1) is 0 Å². The third kappa shape index (κ3) is 3.39. The van der Waals surface area contributed by atoms with Crippen molar-refractivity contribution in [1.82, 2.24) is 4.90 Å². The van der Waals surface area contributed by atoms with Gasteiger partial charge in [0.25, 0.3) is 0 Å². The van der Waals surface area contributed by atoms with E-state index >= 15 is 0 Å². The fourth-order valence-corrected chi connectivity index (χ4v) is 1.39. The Hall–Kier alpha value is -1.83. The Morgan fingerprint density at radius 2 is 1.94 bits per heavy atom. The highest BCUT2D eigenvalue weighted by Crippen LogP contribution is 2.12. The van der Waals surface area contributed by atoms with Crippen LogP contribution >= 0.6 is 0 Å². The highest BCUT2D eigenvalue weighted by atomic mass is 16.2. The average molecular weight is 215 g/mol. The SMILES string of the molecule is C=CN(CC=C(C)c1ccccc1)C(C)=O. The molecular weight excluding hydrogens is 198 g/mol. The number of carbonyl (C=O) groups is 1. The van der Waals surface area contributed by atoms with Crippen molar-refractivity contribution in [3.8, 4) is 0 Å². The van der Waals surface area contributed by atoms with Gasteiger partial charge in [-0.05, 0) is 24.3 Å². The maximum atomic E-state index is 11.1. The zero-order valence-electron chi connectivity index (χ0n) is 9.81. The Labute approximate surface area is 96.9 Å². The number of allylic oxidation sites excluding steroid dienone is 1. The maximum absolute atomic E-state index is 11.1. The summed E-state index contributed by atoms with van der Waals surface area (Å²) < 4.78 is 0. The molecule has 0 atom stereocenters. The van der Waals surface area contributed by atoms with Gasteiger partial charge in [-0.25, -0.2) is 0 Å². The molecule has 0 saturated carbocycles. The molecule has 0 aliphatic rings. The van der Waals surface area contributed by atoms with Crippen LogP contribution in [0.15, 0.2) is 49.2 Å². The molecule has 0 heterocycles. The minimum Gasteiger partial charge on any atom is -0.316 e. The van der Waals surface area contributed by atoms with E-state index in [0.717, 1.165) is 5.57 Å².